The number of unbranched alkanes of at least 4 members (excludes halogenated alkanes) is 31. The van der Waals surface area contributed by atoms with E-state index in [0.29, 0.717) is 19.3 Å². The summed E-state index contributed by atoms with van der Waals surface area (Å²) < 4.78 is 16.5. The van der Waals surface area contributed by atoms with Gasteiger partial charge in [-0.3, -0.25) is 14.4 Å². The van der Waals surface area contributed by atoms with Crippen LogP contribution in [0.4, 0.5) is 0 Å². The predicted molar refractivity (Wildman–Crippen MR) is 247 cm³/mol. The van der Waals surface area contributed by atoms with E-state index in [4.69, 9.17) is 14.2 Å². The summed E-state index contributed by atoms with van der Waals surface area (Å²) in [5.41, 5.74) is 0. The van der Waals surface area contributed by atoms with Gasteiger partial charge in [0.1, 0.15) is 13.2 Å². The Labute approximate surface area is 360 Å². The zero-order valence-electron chi connectivity index (χ0n) is 38.8. The SMILES string of the molecule is CCCCCCC/C=C\C/C=C\CCCCCCCCCCCCCCCCCCCC(=O)OCC(COC(=O)CCCCCCC)OC(=O)CCCCCCCC. The fourth-order valence-corrected chi connectivity index (χ4v) is 7.36. The fraction of sp³-hybridized carbons (Fsp3) is 0.865. The van der Waals surface area contributed by atoms with Crippen LogP contribution in [0, 0.1) is 0 Å². The molecular weight excluding hydrogens is 721 g/mol. The van der Waals surface area contributed by atoms with Gasteiger partial charge in [-0.2, -0.15) is 0 Å². The average Bonchev–Trinajstić information content (AvgIpc) is 3.22. The van der Waals surface area contributed by atoms with Crippen LogP contribution >= 0.6 is 0 Å². The summed E-state index contributed by atoms with van der Waals surface area (Å²) in [5, 5.41) is 0. The van der Waals surface area contributed by atoms with Crippen LogP contribution in [0.25, 0.3) is 0 Å². The lowest BCUT2D eigenvalue weighted by Crippen LogP contribution is -2.30. The van der Waals surface area contributed by atoms with Gasteiger partial charge in [-0.05, 0) is 51.4 Å². The van der Waals surface area contributed by atoms with Crippen LogP contribution in [-0.2, 0) is 28.6 Å². The molecule has 0 N–H and O–H groups in total. The van der Waals surface area contributed by atoms with Gasteiger partial charge in [-0.1, -0.05) is 225 Å². The zero-order chi connectivity index (χ0) is 42.3. The number of ether oxygens (including phenoxy) is 3. The first kappa shape index (κ1) is 55.9. The second-order valence-electron chi connectivity index (χ2n) is 17.1. The topological polar surface area (TPSA) is 78.9 Å². The molecule has 0 amide bonds. The average molecular weight is 817 g/mol. The molecule has 6 nitrogen and oxygen atoms in total. The van der Waals surface area contributed by atoms with Crippen LogP contribution in [0.5, 0.6) is 0 Å². The third-order valence-corrected chi connectivity index (χ3v) is 11.2. The quantitative estimate of drug-likeness (QED) is 0.0263. The molecule has 0 aliphatic heterocycles. The molecule has 0 radical (unpaired) electrons. The Morgan fingerprint density at radius 3 is 0.948 bits per heavy atom. The molecule has 0 rings (SSSR count). The zero-order valence-corrected chi connectivity index (χ0v) is 38.8. The van der Waals surface area contributed by atoms with Crippen LogP contribution in [0.15, 0.2) is 24.3 Å². The van der Waals surface area contributed by atoms with E-state index in [2.05, 4.69) is 45.1 Å². The largest absolute Gasteiger partial charge is 0.462 e. The molecule has 0 fully saturated rings. The Morgan fingerprint density at radius 1 is 0.345 bits per heavy atom. The fourth-order valence-electron chi connectivity index (χ4n) is 7.36. The second kappa shape index (κ2) is 47.6. The van der Waals surface area contributed by atoms with Gasteiger partial charge in [0.05, 0.1) is 0 Å². The van der Waals surface area contributed by atoms with E-state index in [1.165, 1.54) is 161 Å². The molecule has 0 aromatic carbocycles. The van der Waals surface area contributed by atoms with Gasteiger partial charge < -0.3 is 14.2 Å². The molecule has 58 heavy (non-hydrogen) atoms. The van der Waals surface area contributed by atoms with Crippen molar-refractivity contribution in [3.05, 3.63) is 24.3 Å². The van der Waals surface area contributed by atoms with Gasteiger partial charge >= 0.3 is 17.9 Å². The van der Waals surface area contributed by atoms with Crippen LogP contribution in [0.2, 0.25) is 0 Å². The van der Waals surface area contributed by atoms with E-state index in [-0.39, 0.29) is 31.1 Å². The smallest absolute Gasteiger partial charge is 0.306 e. The van der Waals surface area contributed by atoms with Crippen LogP contribution in [0.3, 0.4) is 0 Å². The summed E-state index contributed by atoms with van der Waals surface area (Å²) in [6.07, 6.45) is 54.0. The maximum Gasteiger partial charge on any atom is 0.306 e. The Morgan fingerprint density at radius 2 is 0.621 bits per heavy atom. The van der Waals surface area contributed by atoms with Crippen molar-refractivity contribution in [2.75, 3.05) is 13.2 Å². The summed E-state index contributed by atoms with van der Waals surface area (Å²) >= 11 is 0. The van der Waals surface area contributed by atoms with E-state index in [9.17, 15) is 14.4 Å². The first-order valence-corrected chi connectivity index (χ1v) is 25.3. The second-order valence-corrected chi connectivity index (χ2v) is 17.1. The molecule has 0 bridgehead atoms. The maximum absolute atomic E-state index is 12.5. The van der Waals surface area contributed by atoms with Crippen molar-refractivity contribution < 1.29 is 28.6 Å². The number of esters is 3. The minimum absolute atomic E-state index is 0.0683. The Kier molecular flexibility index (Phi) is 45.8. The molecule has 0 spiro atoms. The van der Waals surface area contributed by atoms with Crippen molar-refractivity contribution in [2.45, 2.75) is 277 Å². The standard InChI is InChI=1S/C52H96O6/c1-4-7-10-13-15-16-17-18-19-20-21-22-23-24-25-26-27-28-29-30-31-32-33-34-35-36-37-40-42-45-51(54)57-48-49(47-56-50(53)44-41-38-12-9-6-3)58-52(55)46-43-39-14-11-8-5-2/h17-18,20-21,49H,4-16,19,22-48H2,1-3H3/b18-17-,21-20-. The maximum atomic E-state index is 12.5. The van der Waals surface area contributed by atoms with Gasteiger partial charge in [0, 0.05) is 19.3 Å². The lowest BCUT2D eigenvalue weighted by Gasteiger charge is -2.18. The van der Waals surface area contributed by atoms with E-state index in [0.717, 1.165) is 70.6 Å². The summed E-state index contributed by atoms with van der Waals surface area (Å²) in [7, 11) is 0. The van der Waals surface area contributed by atoms with Crippen molar-refractivity contribution >= 4 is 17.9 Å². The van der Waals surface area contributed by atoms with Crippen LogP contribution < -0.4 is 0 Å². The summed E-state index contributed by atoms with van der Waals surface area (Å²) in [6, 6.07) is 0. The highest BCUT2D eigenvalue weighted by Gasteiger charge is 2.19. The highest BCUT2D eigenvalue weighted by molar-refractivity contribution is 5.71. The van der Waals surface area contributed by atoms with Crippen molar-refractivity contribution in [3.8, 4) is 0 Å². The van der Waals surface area contributed by atoms with E-state index < -0.39 is 6.10 Å². The monoisotopic (exact) mass is 817 g/mol. The molecular formula is C52H96O6. The van der Waals surface area contributed by atoms with Gasteiger partial charge in [-0.15, -0.1) is 0 Å². The lowest BCUT2D eigenvalue weighted by molar-refractivity contribution is -0.167. The lowest BCUT2D eigenvalue weighted by atomic mass is 10.0. The third-order valence-electron chi connectivity index (χ3n) is 11.2. The summed E-state index contributed by atoms with van der Waals surface area (Å²) in [5.74, 6) is -0.886. The Balaban J connectivity index is 3.80. The van der Waals surface area contributed by atoms with Crippen molar-refractivity contribution in [1.29, 1.82) is 0 Å². The highest BCUT2D eigenvalue weighted by atomic mass is 16.6. The van der Waals surface area contributed by atoms with E-state index in [1.54, 1.807) is 0 Å². The molecule has 0 heterocycles. The number of hydrogen-bond donors (Lipinski definition) is 0. The number of carbonyl (C=O) groups excluding carboxylic acids is 3. The summed E-state index contributed by atoms with van der Waals surface area (Å²) in [6.45, 7) is 6.49. The van der Waals surface area contributed by atoms with Crippen LogP contribution in [-0.4, -0.2) is 37.2 Å². The molecule has 6 heteroatoms. The van der Waals surface area contributed by atoms with E-state index in [1.807, 2.05) is 0 Å². The molecule has 1 unspecified atom stereocenters. The third kappa shape index (κ3) is 45.0. The number of allylic oxidation sites excluding steroid dienone is 4. The van der Waals surface area contributed by atoms with E-state index >= 15 is 0 Å². The Bertz CT molecular complexity index is 942. The van der Waals surface area contributed by atoms with Crippen molar-refractivity contribution in [2.24, 2.45) is 0 Å². The molecule has 0 saturated carbocycles. The molecule has 0 saturated heterocycles. The predicted octanol–water partition coefficient (Wildman–Crippen LogP) is 16.4. The Hall–Kier alpha value is -2.11. The normalized spacial score (nSPS) is 12.1. The van der Waals surface area contributed by atoms with Crippen molar-refractivity contribution in [1.82, 2.24) is 0 Å². The summed E-state index contributed by atoms with van der Waals surface area (Å²) in [4.78, 5) is 37.3. The molecule has 0 aliphatic rings. The minimum Gasteiger partial charge on any atom is -0.462 e. The molecule has 340 valence electrons. The molecule has 0 aliphatic carbocycles. The van der Waals surface area contributed by atoms with Gasteiger partial charge in [-0.25, -0.2) is 0 Å². The van der Waals surface area contributed by atoms with Crippen LogP contribution in [0.1, 0.15) is 271 Å². The van der Waals surface area contributed by atoms with Crippen molar-refractivity contribution in [3.63, 3.8) is 0 Å². The van der Waals surface area contributed by atoms with Gasteiger partial charge in [0.15, 0.2) is 6.10 Å². The molecule has 1 atom stereocenters. The first-order chi connectivity index (χ1) is 28.5. The first-order valence-electron chi connectivity index (χ1n) is 25.3. The molecule has 0 aromatic heterocycles. The minimum atomic E-state index is -0.758. The highest BCUT2D eigenvalue weighted by Crippen LogP contribution is 2.16. The van der Waals surface area contributed by atoms with Gasteiger partial charge in [0.2, 0.25) is 0 Å². The number of hydrogen-bond acceptors (Lipinski definition) is 6. The number of rotatable bonds is 46. The number of carbonyl (C=O) groups is 3. The van der Waals surface area contributed by atoms with Gasteiger partial charge in [0.25, 0.3) is 0 Å². The molecule has 0 aromatic rings.